The number of hydrogen-bond donors (Lipinski definition) is 0. The molecule has 0 aliphatic carbocycles. The third-order valence-electron chi connectivity index (χ3n) is 3.72. The van der Waals surface area contributed by atoms with Gasteiger partial charge < -0.3 is 9.47 Å². The molecular formula is C14H17ClFNO2. The molecule has 3 nitrogen and oxygen atoms in total. The van der Waals surface area contributed by atoms with Crippen molar-refractivity contribution in [2.75, 3.05) is 26.3 Å². The normalized spacial score (nSPS) is 23.1. The lowest BCUT2D eigenvalue weighted by Crippen LogP contribution is -2.48. The third kappa shape index (κ3) is 2.92. The van der Waals surface area contributed by atoms with Crippen LogP contribution in [0.4, 0.5) is 4.39 Å². The summed E-state index contributed by atoms with van der Waals surface area (Å²) in [5.74, 6) is -0.707. The van der Waals surface area contributed by atoms with Crippen molar-refractivity contribution in [3.05, 3.63) is 34.6 Å². The van der Waals surface area contributed by atoms with Crippen molar-refractivity contribution < 1.29 is 13.9 Å². The molecule has 0 aromatic heterocycles. The fraction of sp³-hybridized carbons (Fsp3) is 0.571. The summed E-state index contributed by atoms with van der Waals surface area (Å²) in [6.45, 7) is 3.52. The summed E-state index contributed by atoms with van der Waals surface area (Å²) in [5, 5.41) is 0.429. The minimum Gasteiger partial charge on any atom is -0.346 e. The van der Waals surface area contributed by atoms with E-state index in [0.717, 1.165) is 19.4 Å². The second kappa shape index (κ2) is 5.37. The van der Waals surface area contributed by atoms with E-state index in [2.05, 4.69) is 4.90 Å². The Morgan fingerprint density at radius 2 is 2.11 bits per heavy atom. The quantitative estimate of drug-likeness (QED) is 0.834. The van der Waals surface area contributed by atoms with Crippen LogP contribution in [0.5, 0.6) is 0 Å². The van der Waals surface area contributed by atoms with E-state index in [-0.39, 0.29) is 5.82 Å². The molecule has 0 radical (unpaired) electrons. The molecule has 19 heavy (non-hydrogen) atoms. The van der Waals surface area contributed by atoms with Gasteiger partial charge in [-0.05, 0) is 25.1 Å². The van der Waals surface area contributed by atoms with Crippen molar-refractivity contribution in [2.45, 2.75) is 25.2 Å². The molecule has 1 aromatic carbocycles. The van der Waals surface area contributed by atoms with Gasteiger partial charge in [-0.3, -0.25) is 4.90 Å². The van der Waals surface area contributed by atoms with E-state index in [1.165, 1.54) is 6.07 Å². The maximum absolute atomic E-state index is 13.8. The SMILES string of the molecule is Fc1cc(Cl)ccc1CN1CCCC2(C1)OCCO2. The summed E-state index contributed by atoms with van der Waals surface area (Å²) in [4.78, 5) is 2.18. The first-order chi connectivity index (χ1) is 9.17. The van der Waals surface area contributed by atoms with Crippen molar-refractivity contribution in [3.63, 3.8) is 0 Å². The molecule has 0 atom stereocenters. The molecule has 2 aliphatic rings. The van der Waals surface area contributed by atoms with Crippen LogP contribution in [-0.2, 0) is 16.0 Å². The molecule has 1 aromatic rings. The fourth-order valence-electron chi connectivity index (χ4n) is 2.83. The monoisotopic (exact) mass is 285 g/mol. The van der Waals surface area contributed by atoms with E-state index in [4.69, 9.17) is 21.1 Å². The molecular weight excluding hydrogens is 269 g/mol. The Labute approximate surface area is 117 Å². The van der Waals surface area contributed by atoms with Crippen LogP contribution in [0.2, 0.25) is 5.02 Å². The number of rotatable bonds is 2. The number of likely N-dealkylation sites (tertiary alicyclic amines) is 1. The second-order valence-electron chi connectivity index (χ2n) is 5.16. The Hall–Kier alpha value is -0.680. The molecule has 2 saturated heterocycles. The number of ether oxygens (including phenoxy) is 2. The zero-order valence-corrected chi connectivity index (χ0v) is 11.5. The topological polar surface area (TPSA) is 21.7 Å². The van der Waals surface area contributed by atoms with Gasteiger partial charge in [-0.15, -0.1) is 0 Å². The number of benzene rings is 1. The summed E-state index contributed by atoms with van der Waals surface area (Å²) in [7, 11) is 0. The summed E-state index contributed by atoms with van der Waals surface area (Å²) < 4.78 is 25.2. The molecule has 0 bridgehead atoms. The van der Waals surface area contributed by atoms with Crippen molar-refractivity contribution in [2.24, 2.45) is 0 Å². The second-order valence-corrected chi connectivity index (χ2v) is 5.59. The van der Waals surface area contributed by atoms with Crippen molar-refractivity contribution in [1.82, 2.24) is 4.90 Å². The molecule has 3 rings (SSSR count). The van der Waals surface area contributed by atoms with Crippen LogP contribution >= 0.6 is 11.6 Å². The first-order valence-corrected chi connectivity index (χ1v) is 6.99. The molecule has 0 unspecified atom stereocenters. The Morgan fingerprint density at radius 1 is 1.32 bits per heavy atom. The van der Waals surface area contributed by atoms with Gasteiger partial charge in [0.05, 0.1) is 19.8 Å². The zero-order chi connectivity index (χ0) is 13.3. The van der Waals surface area contributed by atoms with Crippen LogP contribution in [0.15, 0.2) is 18.2 Å². The van der Waals surface area contributed by atoms with Gasteiger partial charge in [0.15, 0.2) is 5.79 Å². The predicted molar refractivity (Wildman–Crippen MR) is 70.6 cm³/mol. The first kappa shape index (κ1) is 13.3. The highest BCUT2D eigenvalue weighted by atomic mass is 35.5. The van der Waals surface area contributed by atoms with Crippen LogP contribution in [0.25, 0.3) is 0 Å². The molecule has 0 saturated carbocycles. The summed E-state index contributed by atoms with van der Waals surface area (Å²) >= 11 is 5.76. The van der Waals surface area contributed by atoms with Gasteiger partial charge in [0.2, 0.25) is 0 Å². The summed E-state index contributed by atoms with van der Waals surface area (Å²) in [6, 6.07) is 4.83. The van der Waals surface area contributed by atoms with Gasteiger partial charge in [-0.1, -0.05) is 17.7 Å². The lowest BCUT2D eigenvalue weighted by atomic mass is 10.0. The number of piperidine rings is 1. The van der Waals surface area contributed by atoms with Crippen LogP contribution in [0.3, 0.4) is 0 Å². The summed E-state index contributed by atoms with van der Waals surface area (Å²) in [5.41, 5.74) is 0.666. The molecule has 5 heteroatoms. The molecule has 0 N–H and O–H groups in total. The van der Waals surface area contributed by atoms with Gasteiger partial charge in [0, 0.05) is 23.6 Å². The van der Waals surface area contributed by atoms with Crippen molar-refractivity contribution in [3.8, 4) is 0 Å². The molecule has 2 fully saturated rings. The van der Waals surface area contributed by atoms with Crippen LogP contribution < -0.4 is 0 Å². The smallest absolute Gasteiger partial charge is 0.181 e. The lowest BCUT2D eigenvalue weighted by Gasteiger charge is -2.38. The molecule has 1 spiro atoms. The van der Waals surface area contributed by atoms with E-state index in [1.54, 1.807) is 12.1 Å². The Bertz CT molecular complexity index is 463. The van der Waals surface area contributed by atoms with Gasteiger partial charge in [-0.2, -0.15) is 0 Å². The average Bonchev–Trinajstić information content (AvgIpc) is 2.81. The van der Waals surface area contributed by atoms with Gasteiger partial charge in [-0.25, -0.2) is 4.39 Å². The number of halogens is 2. The Balaban J connectivity index is 1.69. The number of nitrogens with zero attached hydrogens (tertiary/aromatic N) is 1. The van der Waals surface area contributed by atoms with E-state index in [9.17, 15) is 4.39 Å². The Morgan fingerprint density at radius 3 is 2.84 bits per heavy atom. The van der Waals surface area contributed by atoms with Crippen LogP contribution in [0.1, 0.15) is 18.4 Å². The highest BCUT2D eigenvalue weighted by Gasteiger charge is 2.40. The standard InChI is InChI=1S/C14H17ClFNO2/c15-12-3-2-11(13(16)8-12)9-17-5-1-4-14(10-17)18-6-7-19-14/h2-3,8H,1,4-7,9-10H2. The van der Waals surface area contributed by atoms with Crippen molar-refractivity contribution in [1.29, 1.82) is 0 Å². The average molecular weight is 286 g/mol. The first-order valence-electron chi connectivity index (χ1n) is 6.61. The fourth-order valence-corrected chi connectivity index (χ4v) is 2.99. The predicted octanol–water partition coefficient (Wildman–Crippen LogP) is 2.82. The number of hydrogen-bond acceptors (Lipinski definition) is 3. The summed E-state index contributed by atoms with van der Waals surface area (Å²) in [6.07, 6.45) is 1.93. The van der Waals surface area contributed by atoms with Crippen LogP contribution in [-0.4, -0.2) is 37.0 Å². The van der Waals surface area contributed by atoms with Gasteiger partial charge in [0.25, 0.3) is 0 Å². The van der Waals surface area contributed by atoms with Crippen molar-refractivity contribution >= 4 is 11.6 Å². The maximum Gasteiger partial charge on any atom is 0.181 e. The largest absolute Gasteiger partial charge is 0.346 e. The zero-order valence-electron chi connectivity index (χ0n) is 10.7. The minimum atomic E-state index is -0.457. The highest BCUT2D eigenvalue weighted by Crippen LogP contribution is 2.31. The van der Waals surface area contributed by atoms with E-state index in [0.29, 0.717) is 36.9 Å². The maximum atomic E-state index is 13.8. The van der Waals surface area contributed by atoms with Crippen LogP contribution in [0, 0.1) is 5.82 Å². The Kier molecular flexibility index (Phi) is 3.76. The van der Waals surface area contributed by atoms with Gasteiger partial charge >= 0.3 is 0 Å². The molecule has 2 heterocycles. The van der Waals surface area contributed by atoms with E-state index >= 15 is 0 Å². The van der Waals surface area contributed by atoms with E-state index < -0.39 is 5.79 Å². The highest BCUT2D eigenvalue weighted by molar-refractivity contribution is 6.30. The molecule has 104 valence electrons. The van der Waals surface area contributed by atoms with E-state index in [1.807, 2.05) is 0 Å². The lowest BCUT2D eigenvalue weighted by molar-refractivity contribution is -0.190. The minimum absolute atomic E-state index is 0.250. The third-order valence-corrected chi connectivity index (χ3v) is 3.95. The molecule has 0 amide bonds. The molecule has 2 aliphatic heterocycles. The van der Waals surface area contributed by atoms with Gasteiger partial charge in [0.1, 0.15) is 5.82 Å².